The van der Waals surface area contributed by atoms with Gasteiger partial charge in [-0.25, -0.2) is 4.79 Å². The Kier molecular flexibility index (Phi) is 6.66. The van der Waals surface area contributed by atoms with Gasteiger partial charge in [0.25, 0.3) is 0 Å². The van der Waals surface area contributed by atoms with E-state index in [0.29, 0.717) is 6.54 Å². The van der Waals surface area contributed by atoms with Gasteiger partial charge in [0.15, 0.2) is 0 Å². The number of methoxy groups -OCH3 is 1. The highest BCUT2D eigenvalue weighted by Gasteiger charge is 2.41. The number of ether oxygens (including phenoxy) is 1. The first-order valence-electron chi connectivity index (χ1n) is 12.5. The van der Waals surface area contributed by atoms with Gasteiger partial charge in [0.2, 0.25) is 0 Å². The maximum absolute atomic E-state index is 13.1. The van der Waals surface area contributed by atoms with Crippen molar-refractivity contribution in [1.29, 1.82) is 0 Å². The van der Waals surface area contributed by atoms with Gasteiger partial charge in [0.1, 0.15) is 5.75 Å². The van der Waals surface area contributed by atoms with E-state index in [4.69, 9.17) is 10.5 Å². The molecule has 0 saturated heterocycles. The highest BCUT2D eigenvalue weighted by molar-refractivity contribution is 5.94. The summed E-state index contributed by atoms with van der Waals surface area (Å²) in [6, 6.07) is 12.3. The molecule has 5 nitrogen and oxygen atoms in total. The fraction of sp³-hybridized carbons (Fsp3) is 0.483. The molecule has 1 aliphatic rings. The molecule has 1 fully saturated rings. The zero-order valence-corrected chi connectivity index (χ0v) is 21.5. The van der Waals surface area contributed by atoms with Crippen LogP contribution in [0.15, 0.2) is 42.6 Å². The number of amides is 2. The number of fused-ring (bicyclic) bond motifs is 1. The number of aromatic nitrogens is 1. The normalized spacial score (nSPS) is 15.4. The van der Waals surface area contributed by atoms with Crippen molar-refractivity contribution >= 4 is 22.6 Å². The maximum Gasteiger partial charge on any atom is 0.319 e. The summed E-state index contributed by atoms with van der Waals surface area (Å²) >= 11 is 0. The summed E-state index contributed by atoms with van der Waals surface area (Å²) in [4.78, 5) is 15.0. The molecule has 34 heavy (non-hydrogen) atoms. The van der Waals surface area contributed by atoms with Gasteiger partial charge < -0.3 is 15.0 Å². The monoisotopic (exact) mass is 461 g/mol. The average Bonchev–Trinajstić information content (AvgIpc) is 3.41. The molecule has 1 heterocycles. The van der Waals surface area contributed by atoms with E-state index in [9.17, 15) is 4.79 Å². The van der Waals surface area contributed by atoms with Crippen molar-refractivity contribution < 1.29 is 9.53 Å². The smallest absolute Gasteiger partial charge is 0.319 e. The first-order valence-corrected chi connectivity index (χ1v) is 12.5. The zero-order chi connectivity index (χ0) is 24.6. The van der Waals surface area contributed by atoms with Crippen molar-refractivity contribution in [2.75, 3.05) is 18.6 Å². The Morgan fingerprint density at radius 3 is 2.24 bits per heavy atom. The van der Waals surface area contributed by atoms with E-state index < -0.39 is 0 Å². The van der Waals surface area contributed by atoms with Crippen molar-refractivity contribution in [1.82, 2.24) is 4.57 Å². The molecule has 0 unspecified atom stereocenters. The minimum absolute atomic E-state index is 0.154. The fourth-order valence-corrected chi connectivity index (χ4v) is 5.88. The highest BCUT2D eigenvalue weighted by atomic mass is 16.5. The van der Waals surface area contributed by atoms with Crippen molar-refractivity contribution in [2.45, 2.75) is 70.6 Å². The van der Waals surface area contributed by atoms with Crippen LogP contribution in [0.25, 0.3) is 10.9 Å². The fourth-order valence-electron chi connectivity index (χ4n) is 5.88. The van der Waals surface area contributed by atoms with E-state index >= 15 is 0 Å². The van der Waals surface area contributed by atoms with Crippen LogP contribution in [-0.2, 0) is 12.5 Å². The Morgan fingerprint density at radius 1 is 1.09 bits per heavy atom. The quantitative estimate of drug-likeness (QED) is 0.419. The molecule has 0 atom stereocenters. The second-order valence-electron chi connectivity index (χ2n) is 10.5. The van der Waals surface area contributed by atoms with Gasteiger partial charge in [0.05, 0.1) is 12.8 Å². The molecule has 2 N–H and O–H groups in total. The van der Waals surface area contributed by atoms with Crippen LogP contribution in [0.3, 0.4) is 0 Å². The van der Waals surface area contributed by atoms with Gasteiger partial charge in [-0.3, -0.25) is 4.90 Å². The number of rotatable bonds is 7. The molecule has 1 aromatic heterocycles. The van der Waals surface area contributed by atoms with Crippen molar-refractivity contribution in [2.24, 2.45) is 12.8 Å². The zero-order valence-electron chi connectivity index (χ0n) is 21.5. The predicted molar refractivity (Wildman–Crippen MR) is 141 cm³/mol. The largest absolute Gasteiger partial charge is 0.497 e. The SMILES string of the molecule is COc1ccc2c(c1)c(C1(CN(C(N)=O)c3c(C(C)C)cccc3C(C)C)CCCC1)cn2C. The average molecular weight is 462 g/mol. The first kappa shape index (κ1) is 24.2. The second kappa shape index (κ2) is 9.36. The van der Waals surface area contributed by atoms with Crippen LogP contribution >= 0.6 is 0 Å². The Balaban J connectivity index is 1.90. The summed E-state index contributed by atoms with van der Waals surface area (Å²) in [5.74, 6) is 1.43. The lowest BCUT2D eigenvalue weighted by atomic mass is 9.77. The molecule has 182 valence electrons. The van der Waals surface area contributed by atoms with Gasteiger partial charge in [-0.15, -0.1) is 0 Å². The van der Waals surface area contributed by atoms with Crippen molar-refractivity contribution in [3.63, 3.8) is 0 Å². The van der Waals surface area contributed by atoms with Gasteiger partial charge in [-0.1, -0.05) is 58.7 Å². The third-order valence-electron chi connectivity index (χ3n) is 7.67. The molecule has 1 aliphatic carbocycles. The van der Waals surface area contributed by atoms with Crippen LogP contribution in [0.2, 0.25) is 0 Å². The van der Waals surface area contributed by atoms with E-state index in [1.54, 1.807) is 7.11 Å². The predicted octanol–water partition coefficient (Wildman–Crippen LogP) is 6.83. The topological polar surface area (TPSA) is 60.5 Å². The Bertz CT molecular complexity index is 1160. The minimum atomic E-state index is -0.376. The third kappa shape index (κ3) is 4.17. The standard InChI is InChI=1S/C29H39N3O2/c1-19(2)22-10-9-11-23(20(3)4)27(22)32(28(30)33)18-29(14-7-8-15-29)25-17-31(5)26-13-12-21(34-6)16-24(25)26/h9-13,16-17,19-20H,7-8,14-15,18H2,1-6H3,(H2,30,33). The molecule has 5 heteroatoms. The maximum atomic E-state index is 13.1. The summed E-state index contributed by atoms with van der Waals surface area (Å²) in [7, 11) is 3.80. The number of hydrogen-bond donors (Lipinski definition) is 1. The van der Waals surface area contributed by atoms with Gasteiger partial charge in [0, 0.05) is 36.1 Å². The molecule has 0 spiro atoms. The van der Waals surface area contributed by atoms with Crippen LogP contribution in [0.5, 0.6) is 5.75 Å². The number of urea groups is 1. The number of benzene rings is 2. The van der Waals surface area contributed by atoms with E-state index in [2.05, 4.69) is 75.8 Å². The third-order valence-corrected chi connectivity index (χ3v) is 7.67. The van der Waals surface area contributed by atoms with E-state index in [1.165, 1.54) is 27.6 Å². The Morgan fingerprint density at radius 2 is 1.71 bits per heavy atom. The number of nitrogens with two attached hydrogens (primary N) is 1. The lowest BCUT2D eigenvalue weighted by Gasteiger charge is -2.37. The van der Waals surface area contributed by atoms with Crippen LogP contribution in [0, 0.1) is 0 Å². The number of carbonyl (C=O) groups excluding carboxylic acids is 1. The molecule has 2 amide bonds. The molecular weight excluding hydrogens is 422 g/mol. The summed E-state index contributed by atoms with van der Waals surface area (Å²) in [5, 5.41) is 1.20. The molecule has 1 saturated carbocycles. The lowest BCUT2D eigenvalue weighted by molar-refractivity contribution is 0.251. The number of carbonyl (C=O) groups is 1. The summed E-state index contributed by atoms with van der Waals surface area (Å²) in [6.45, 7) is 9.33. The molecular formula is C29H39N3O2. The molecule has 2 aromatic carbocycles. The number of nitrogens with zero attached hydrogens (tertiary/aromatic N) is 2. The number of aryl methyl sites for hydroxylation is 1. The van der Waals surface area contributed by atoms with Crippen LogP contribution in [0.4, 0.5) is 10.5 Å². The van der Waals surface area contributed by atoms with Crippen molar-refractivity contribution in [3.05, 3.63) is 59.3 Å². The number of para-hydroxylation sites is 1. The highest BCUT2D eigenvalue weighted by Crippen LogP contribution is 2.47. The van der Waals surface area contributed by atoms with Crippen LogP contribution in [0.1, 0.15) is 81.9 Å². The van der Waals surface area contributed by atoms with Gasteiger partial charge in [-0.2, -0.15) is 0 Å². The number of anilines is 1. The van der Waals surface area contributed by atoms with Crippen molar-refractivity contribution in [3.8, 4) is 5.75 Å². The second-order valence-corrected chi connectivity index (χ2v) is 10.5. The molecule has 0 radical (unpaired) electrons. The van der Waals surface area contributed by atoms with Gasteiger partial charge >= 0.3 is 6.03 Å². The summed E-state index contributed by atoms with van der Waals surface area (Å²) in [6.07, 6.45) is 6.62. The molecule has 4 rings (SSSR count). The molecule has 0 aliphatic heterocycles. The number of primary amides is 1. The summed E-state index contributed by atoms with van der Waals surface area (Å²) < 4.78 is 7.76. The van der Waals surface area contributed by atoms with E-state index in [1.807, 2.05) is 11.0 Å². The van der Waals surface area contributed by atoms with Gasteiger partial charge in [-0.05, 0) is 59.6 Å². The lowest BCUT2D eigenvalue weighted by Crippen LogP contribution is -2.46. The minimum Gasteiger partial charge on any atom is -0.497 e. The van der Waals surface area contributed by atoms with Crippen LogP contribution < -0.4 is 15.4 Å². The molecule has 0 bridgehead atoms. The summed E-state index contributed by atoms with van der Waals surface area (Å²) in [5.41, 5.74) is 11.8. The number of hydrogen-bond acceptors (Lipinski definition) is 2. The first-order chi connectivity index (χ1) is 16.2. The molecule has 3 aromatic rings. The van der Waals surface area contributed by atoms with Crippen LogP contribution in [-0.4, -0.2) is 24.3 Å². The Hall–Kier alpha value is -2.95. The van der Waals surface area contributed by atoms with E-state index in [-0.39, 0.29) is 23.3 Å². The van der Waals surface area contributed by atoms with E-state index in [0.717, 1.165) is 37.1 Å². The Labute approximate surface area is 203 Å².